The standard InChI is InChI=1S/C11H15FN4O2/c1-3-8-9(12)10(14-6-13-8)15-7-4-16(5-7)11(17)18-2/h6-7H,3-5H2,1-2H3,(H,13,14,15). The summed E-state index contributed by atoms with van der Waals surface area (Å²) >= 11 is 0. The van der Waals surface area contributed by atoms with E-state index in [1.165, 1.54) is 18.3 Å². The molecule has 0 radical (unpaired) electrons. The highest BCUT2D eigenvalue weighted by Crippen LogP contribution is 2.18. The van der Waals surface area contributed by atoms with Crippen LogP contribution < -0.4 is 5.32 Å². The van der Waals surface area contributed by atoms with E-state index in [0.717, 1.165) is 0 Å². The summed E-state index contributed by atoms with van der Waals surface area (Å²) in [6.45, 7) is 2.80. The number of likely N-dealkylation sites (tertiary alicyclic amines) is 1. The van der Waals surface area contributed by atoms with Gasteiger partial charge in [0.1, 0.15) is 6.33 Å². The highest BCUT2D eigenvalue weighted by molar-refractivity contribution is 5.69. The van der Waals surface area contributed by atoms with Gasteiger partial charge in [0.2, 0.25) is 0 Å². The predicted molar refractivity (Wildman–Crippen MR) is 62.8 cm³/mol. The first kappa shape index (κ1) is 12.5. The number of aryl methyl sites for hydroxylation is 1. The lowest BCUT2D eigenvalue weighted by atomic mass is 10.1. The first-order chi connectivity index (χ1) is 8.65. The average Bonchev–Trinajstić information content (AvgIpc) is 2.34. The summed E-state index contributed by atoms with van der Waals surface area (Å²) in [6, 6.07) is -0.00166. The number of methoxy groups -OCH3 is 1. The maximum atomic E-state index is 13.8. The van der Waals surface area contributed by atoms with Crippen molar-refractivity contribution in [2.45, 2.75) is 19.4 Å². The van der Waals surface area contributed by atoms with Crippen LogP contribution in [0, 0.1) is 5.82 Å². The number of hydrogen-bond donors (Lipinski definition) is 1. The number of carbonyl (C=O) groups excluding carboxylic acids is 1. The third kappa shape index (κ3) is 2.34. The molecule has 1 saturated heterocycles. The molecule has 0 unspecified atom stereocenters. The van der Waals surface area contributed by atoms with Crippen LogP contribution in [0.1, 0.15) is 12.6 Å². The van der Waals surface area contributed by atoms with Gasteiger partial charge in [0.15, 0.2) is 11.6 Å². The Bertz CT molecular complexity index is 449. The molecule has 0 aromatic carbocycles. The van der Waals surface area contributed by atoms with Crippen LogP contribution in [0.15, 0.2) is 6.33 Å². The van der Waals surface area contributed by atoms with Crippen molar-refractivity contribution in [3.05, 3.63) is 17.8 Å². The Labute approximate surface area is 104 Å². The second-order valence-electron chi connectivity index (χ2n) is 4.05. The van der Waals surface area contributed by atoms with E-state index in [9.17, 15) is 9.18 Å². The Morgan fingerprint density at radius 3 is 2.94 bits per heavy atom. The molecule has 2 heterocycles. The minimum absolute atomic E-state index is 0.00166. The summed E-state index contributed by atoms with van der Waals surface area (Å²) < 4.78 is 18.4. The highest BCUT2D eigenvalue weighted by Gasteiger charge is 2.32. The molecule has 7 heteroatoms. The molecule has 0 saturated carbocycles. The summed E-state index contributed by atoms with van der Waals surface area (Å²) in [5.41, 5.74) is 0.386. The number of hydrogen-bond acceptors (Lipinski definition) is 5. The number of rotatable bonds is 3. The molecule has 1 aromatic rings. The second-order valence-corrected chi connectivity index (χ2v) is 4.05. The maximum Gasteiger partial charge on any atom is 0.409 e. The molecular weight excluding hydrogens is 239 g/mol. The smallest absolute Gasteiger partial charge is 0.409 e. The SMILES string of the molecule is CCc1ncnc(NC2CN(C(=O)OC)C2)c1F. The number of aromatic nitrogens is 2. The number of amides is 1. The largest absolute Gasteiger partial charge is 0.453 e. The van der Waals surface area contributed by atoms with Crippen molar-refractivity contribution >= 4 is 11.9 Å². The zero-order valence-corrected chi connectivity index (χ0v) is 10.3. The Kier molecular flexibility index (Phi) is 3.59. The topological polar surface area (TPSA) is 67.4 Å². The van der Waals surface area contributed by atoms with E-state index < -0.39 is 5.82 Å². The van der Waals surface area contributed by atoms with E-state index >= 15 is 0 Å². The second kappa shape index (κ2) is 5.16. The van der Waals surface area contributed by atoms with Crippen molar-refractivity contribution in [3.63, 3.8) is 0 Å². The number of nitrogens with zero attached hydrogens (tertiary/aromatic N) is 3. The third-order valence-electron chi connectivity index (χ3n) is 2.85. The Balaban J connectivity index is 1.94. The lowest BCUT2D eigenvalue weighted by Gasteiger charge is -2.38. The van der Waals surface area contributed by atoms with Crippen LogP contribution in [-0.2, 0) is 11.2 Å². The van der Waals surface area contributed by atoms with Crippen molar-refractivity contribution in [3.8, 4) is 0 Å². The molecule has 0 aliphatic carbocycles. The first-order valence-corrected chi connectivity index (χ1v) is 5.74. The van der Waals surface area contributed by atoms with Gasteiger partial charge in [0.25, 0.3) is 0 Å². The summed E-state index contributed by atoms with van der Waals surface area (Å²) in [6.07, 6.45) is 1.48. The molecule has 1 N–H and O–H groups in total. The summed E-state index contributed by atoms with van der Waals surface area (Å²) in [4.78, 5) is 20.4. The fourth-order valence-electron chi connectivity index (χ4n) is 1.79. The number of ether oxygens (including phenoxy) is 1. The molecular formula is C11H15FN4O2. The van der Waals surface area contributed by atoms with Gasteiger partial charge in [0, 0.05) is 13.1 Å². The number of carbonyl (C=O) groups is 1. The van der Waals surface area contributed by atoms with E-state index in [-0.39, 0.29) is 18.0 Å². The van der Waals surface area contributed by atoms with Crippen LogP contribution in [0.4, 0.5) is 15.0 Å². The number of halogens is 1. The van der Waals surface area contributed by atoms with Gasteiger partial charge < -0.3 is 15.0 Å². The van der Waals surface area contributed by atoms with Crippen LogP contribution in [0.2, 0.25) is 0 Å². The minimum atomic E-state index is -0.420. The van der Waals surface area contributed by atoms with Crippen molar-refractivity contribution in [1.82, 2.24) is 14.9 Å². The molecule has 0 atom stereocenters. The lowest BCUT2D eigenvalue weighted by Crippen LogP contribution is -2.57. The van der Waals surface area contributed by atoms with Crippen molar-refractivity contribution in [1.29, 1.82) is 0 Å². The van der Waals surface area contributed by atoms with Gasteiger partial charge in [-0.1, -0.05) is 6.92 Å². The van der Waals surface area contributed by atoms with Gasteiger partial charge in [-0.15, -0.1) is 0 Å². The Hall–Kier alpha value is -1.92. The van der Waals surface area contributed by atoms with Crippen LogP contribution in [0.25, 0.3) is 0 Å². The van der Waals surface area contributed by atoms with Crippen molar-refractivity contribution in [2.24, 2.45) is 0 Å². The van der Waals surface area contributed by atoms with Crippen molar-refractivity contribution in [2.75, 3.05) is 25.5 Å². The first-order valence-electron chi connectivity index (χ1n) is 5.74. The number of anilines is 1. The van der Waals surface area contributed by atoms with E-state index in [1.807, 2.05) is 6.92 Å². The average molecular weight is 254 g/mol. The molecule has 1 aliphatic heterocycles. The van der Waals surface area contributed by atoms with Crippen LogP contribution in [0.3, 0.4) is 0 Å². The Morgan fingerprint density at radius 2 is 2.33 bits per heavy atom. The highest BCUT2D eigenvalue weighted by atomic mass is 19.1. The maximum absolute atomic E-state index is 13.8. The normalized spacial score (nSPS) is 15.2. The monoisotopic (exact) mass is 254 g/mol. The van der Waals surface area contributed by atoms with Gasteiger partial charge in [-0.05, 0) is 6.42 Å². The van der Waals surface area contributed by atoms with Gasteiger partial charge in [-0.3, -0.25) is 0 Å². The lowest BCUT2D eigenvalue weighted by molar-refractivity contribution is 0.0929. The molecule has 1 aliphatic rings. The quantitative estimate of drug-likeness (QED) is 0.873. The van der Waals surface area contributed by atoms with Gasteiger partial charge in [-0.2, -0.15) is 0 Å². The fraction of sp³-hybridized carbons (Fsp3) is 0.545. The third-order valence-corrected chi connectivity index (χ3v) is 2.85. The van der Waals surface area contributed by atoms with Gasteiger partial charge >= 0.3 is 6.09 Å². The molecule has 6 nitrogen and oxygen atoms in total. The molecule has 0 bridgehead atoms. The molecule has 18 heavy (non-hydrogen) atoms. The summed E-state index contributed by atoms with van der Waals surface area (Å²) in [5.74, 6) is -0.229. The van der Waals surface area contributed by atoms with E-state index in [0.29, 0.717) is 25.2 Å². The Morgan fingerprint density at radius 1 is 1.61 bits per heavy atom. The molecule has 98 valence electrons. The molecule has 0 spiro atoms. The summed E-state index contributed by atoms with van der Waals surface area (Å²) in [5, 5.41) is 2.95. The molecule has 1 aromatic heterocycles. The van der Waals surface area contributed by atoms with Gasteiger partial charge in [0.05, 0.1) is 18.8 Å². The van der Waals surface area contributed by atoms with E-state index in [4.69, 9.17) is 0 Å². The fourth-order valence-corrected chi connectivity index (χ4v) is 1.79. The molecule has 1 amide bonds. The van der Waals surface area contributed by atoms with Crippen molar-refractivity contribution < 1.29 is 13.9 Å². The van der Waals surface area contributed by atoms with Gasteiger partial charge in [-0.25, -0.2) is 19.2 Å². The van der Waals surface area contributed by atoms with Crippen LogP contribution in [0.5, 0.6) is 0 Å². The molecule has 2 rings (SSSR count). The van der Waals surface area contributed by atoms with Crippen LogP contribution >= 0.6 is 0 Å². The van der Waals surface area contributed by atoms with E-state index in [1.54, 1.807) is 0 Å². The minimum Gasteiger partial charge on any atom is -0.453 e. The summed E-state index contributed by atoms with van der Waals surface area (Å²) in [7, 11) is 1.33. The predicted octanol–water partition coefficient (Wildman–Crippen LogP) is 1.04. The molecule has 1 fully saturated rings. The zero-order chi connectivity index (χ0) is 13.1. The van der Waals surface area contributed by atoms with E-state index in [2.05, 4.69) is 20.0 Å². The van der Waals surface area contributed by atoms with Crippen LogP contribution in [-0.4, -0.2) is 47.2 Å². The zero-order valence-electron chi connectivity index (χ0n) is 10.3. The number of nitrogens with one attached hydrogen (secondary N) is 1.